The van der Waals surface area contributed by atoms with Crippen LogP contribution in [0.3, 0.4) is 0 Å². The minimum atomic E-state index is 0.674. The summed E-state index contributed by atoms with van der Waals surface area (Å²) in [5, 5.41) is 3.58. The SMILES string of the molecule is CCNC(CC(C)C)C1CCOC1. The van der Waals surface area contributed by atoms with Gasteiger partial charge in [-0.2, -0.15) is 0 Å². The molecule has 2 atom stereocenters. The predicted octanol–water partition coefficient (Wildman–Crippen LogP) is 2.05. The van der Waals surface area contributed by atoms with Crippen molar-refractivity contribution in [3.8, 4) is 0 Å². The summed E-state index contributed by atoms with van der Waals surface area (Å²) in [5.74, 6) is 1.53. The maximum absolute atomic E-state index is 5.43. The summed E-state index contributed by atoms with van der Waals surface area (Å²) in [6.07, 6.45) is 2.52. The molecule has 2 nitrogen and oxygen atoms in total. The van der Waals surface area contributed by atoms with E-state index in [9.17, 15) is 0 Å². The van der Waals surface area contributed by atoms with Gasteiger partial charge in [-0.1, -0.05) is 20.8 Å². The highest BCUT2D eigenvalue weighted by Crippen LogP contribution is 2.21. The fourth-order valence-electron chi connectivity index (χ4n) is 2.08. The predicted molar refractivity (Wildman–Crippen MR) is 55.8 cm³/mol. The second-order valence-corrected chi connectivity index (χ2v) is 4.42. The highest BCUT2D eigenvalue weighted by atomic mass is 16.5. The third-order valence-corrected chi connectivity index (χ3v) is 2.73. The van der Waals surface area contributed by atoms with E-state index in [0.717, 1.165) is 31.6 Å². The molecule has 1 saturated heterocycles. The molecule has 0 aromatic rings. The van der Waals surface area contributed by atoms with Crippen molar-refractivity contribution in [3.05, 3.63) is 0 Å². The van der Waals surface area contributed by atoms with E-state index in [1.165, 1.54) is 12.8 Å². The van der Waals surface area contributed by atoms with Gasteiger partial charge in [0.1, 0.15) is 0 Å². The van der Waals surface area contributed by atoms with Crippen LogP contribution in [0.25, 0.3) is 0 Å². The molecule has 1 N–H and O–H groups in total. The Kier molecular flexibility index (Phi) is 4.74. The first kappa shape index (κ1) is 11.0. The summed E-state index contributed by atoms with van der Waals surface area (Å²) in [6, 6.07) is 0.674. The van der Waals surface area contributed by atoms with Crippen LogP contribution >= 0.6 is 0 Å². The van der Waals surface area contributed by atoms with Crippen molar-refractivity contribution in [2.45, 2.75) is 39.7 Å². The Balaban J connectivity index is 2.35. The minimum Gasteiger partial charge on any atom is -0.381 e. The van der Waals surface area contributed by atoms with Crippen LogP contribution < -0.4 is 5.32 Å². The number of rotatable bonds is 5. The van der Waals surface area contributed by atoms with Crippen molar-refractivity contribution in [3.63, 3.8) is 0 Å². The molecule has 0 aliphatic carbocycles. The smallest absolute Gasteiger partial charge is 0.0510 e. The Labute approximate surface area is 82.0 Å². The van der Waals surface area contributed by atoms with Crippen LogP contribution in [-0.4, -0.2) is 25.8 Å². The third kappa shape index (κ3) is 3.65. The van der Waals surface area contributed by atoms with E-state index in [1.54, 1.807) is 0 Å². The topological polar surface area (TPSA) is 21.3 Å². The fourth-order valence-corrected chi connectivity index (χ4v) is 2.08. The first-order valence-corrected chi connectivity index (χ1v) is 5.55. The van der Waals surface area contributed by atoms with Crippen LogP contribution in [0.15, 0.2) is 0 Å². The zero-order valence-electron chi connectivity index (χ0n) is 9.18. The van der Waals surface area contributed by atoms with E-state index in [4.69, 9.17) is 4.74 Å². The van der Waals surface area contributed by atoms with Crippen molar-refractivity contribution in [1.29, 1.82) is 0 Å². The Hall–Kier alpha value is -0.0800. The molecule has 0 amide bonds. The Morgan fingerprint density at radius 2 is 2.23 bits per heavy atom. The van der Waals surface area contributed by atoms with Crippen LogP contribution in [-0.2, 0) is 4.74 Å². The van der Waals surface area contributed by atoms with E-state index in [2.05, 4.69) is 26.1 Å². The molecular weight excluding hydrogens is 162 g/mol. The van der Waals surface area contributed by atoms with E-state index < -0.39 is 0 Å². The van der Waals surface area contributed by atoms with Crippen molar-refractivity contribution < 1.29 is 4.74 Å². The normalized spacial score (nSPS) is 25.4. The van der Waals surface area contributed by atoms with Gasteiger partial charge in [-0.3, -0.25) is 0 Å². The first-order chi connectivity index (χ1) is 6.24. The highest BCUT2D eigenvalue weighted by Gasteiger charge is 2.25. The molecular formula is C11H23NO. The van der Waals surface area contributed by atoms with Crippen LogP contribution in [0.1, 0.15) is 33.6 Å². The van der Waals surface area contributed by atoms with Gasteiger partial charge in [0, 0.05) is 12.6 Å². The lowest BCUT2D eigenvalue weighted by Gasteiger charge is -2.24. The Bertz CT molecular complexity index is 130. The van der Waals surface area contributed by atoms with E-state index >= 15 is 0 Å². The van der Waals surface area contributed by atoms with Crippen LogP contribution in [0.4, 0.5) is 0 Å². The third-order valence-electron chi connectivity index (χ3n) is 2.73. The molecule has 13 heavy (non-hydrogen) atoms. The van der Waals surface area contributed by atoms with Crippen molar-refractivity contribution >= 4 is 0 Å². The average molecular weight is 185 g/mol. The van der Waals surface area contributed by atoms with E-state index in [1.807, 2.05) is 0 Å². The van der Waals surface area contributed by atoms with Crippen molar-refractivity contribution in [2.75, 3.05) is 19.8 Å². The van der Waals surface area contributed by atoms with Gasteiger partial charge in [-0.25, -0.2) is 0 Å². The molecule has 2 unspecified atom stereocenters. The summed E-state index contributed by atoms with van der Waals surface area (Å²) >= 11 is 0. The summed E-state index contributed by atoms with van der Waals surface area (Å²) < 4.78 is 5.43. The minimum absolute atomic E-state index is 0.674. The van der Waals surface area contributed by atoms with Gasteiger partial charge in [0.15, 0.2) is 0 Å². The summed E-state index contributed by atoms with van der Waals surface area (Å²) in [7, 11) is 0. The maximum Gasteiger partial charge on any atom is 0.0510 e. The van der Waals surface area contributed by atoms with Gasteiger partial charge >= 0.3 is 0 Å². The van der Waals surface area contributed by atoms with E-state index in [-0.39, 0.29) is 0 Å². The molecule has 0 bridgehead atoms. The van der Waals surface area contributed by atoms with Crippen LogP contribution in [0.5, 0.6) is 0 Å². The van der Waals surface area contributed by atoms with Gasteiger partial charge in [0.25, 0.3) is 0 Å². The number of nitrogens with one attached hydrogen (secondary N) is 1. The molecule has 78 valence electrons. The van der Waals surface area contributed by atoms with Gasteiger partial charge in [-0.15, -0.1) is 0 Å². The van der Waals surface area contributed by atoms with Crippen molar-refractivity contribution in [2.24, 2.45) is 11.8 Å². The number of hydrogen-bond donors (Lipinski definition) is 1. The van der Waals surface area contributed by atoms with Crippen LogP contribution in [0.2, 0.25) is 0 Å². The molecule has 0 saturated carbocycles. The molecule has 0 spiro atoms. The van der Waals surface area contributed by atoms with Gasteiger partial charge in [0.05, 0.1) is 6.61 Å². The Morgan fingerprint density at radius 1 is 1.46 bits per heavy atom. The average Bonchev–Trinajstić information content (AvgIpc) is 2.54. The zero-order chi connectivity index (χ0) is 9.68. The number of hydrogen-bond acceptors (Lipinski definition) is 2. The maximum atomic E-state index is 5.43. The standard InChI is InChI=1S/C11H23NO/c1-4-12-11(7-9(2)3)10-5-6-13-8-10/h9-12H,4-8H2,1-3H3. The molecule has 1 rings (SSSR count). The fraction of sp³-hybridized carbons (Fsp3) is 1.00. The lowest BCUT2D eigenvalue weighted by atomic mass is 9.91. The van der Waals surface area contributed by atoms with Gasteiger partial charge < -0.3 is 10.1 Å². The van der Waals surface area contributed by atoms with Gasteiger partial charge in [0.2, 0.25) is 0 Å². The van der Waals surface area contributed by atoms with Crippen LogP contribution in [0, 0.1) is 11.8 Å². The second kappa shape index (κ2) is 5.61. The molecule has 2 heteroatoms. The monoisotopic (exact) mass is 185 g/mol. The summed E-state index contributed by atoms with van der Waals surface area (Å²) in [5.41, 5.74) is 0. The quantitative estimate of drug-likeness (QED) is 0.708. The number of ether oxygens (including phenoxy) is 1. The molecule has 1 aliphatic rings. The van der Waals surface area contributed by atoms with E-state index in [0.29, 0.717) is 6.04 Å². The molecule has 1 heterocycles. The molecule has 0 aromatic carbocycles. The zero-order valence-corrected chi connectivity index (χ0v) is 9.18. The largest absolute Gasteiger partial charge is 0.381 e. The molecule has 1 aliphatic heterocycles. The summed E-state index contributed by atoms with van der Waals surface area (Å²) in [4.78, 5) is 0. The molecule has 0 radical (unpaired) electrons. The Morgan fingerprint density at radius 3 is 2.69 bits per heavy atom. The highest BCUT2D eigenvalue weighted by molar-refractivity contribution is 4.79. The van der Waals surface area contributed by atoms with Crippen molar-refractivity contribution in [1.82, 2.24) is 5.32 Å². The first-order valence-electron chi connectivity index (χ1n) is 5.55. The summed E-state index contributed by atoms with van der Waals surface area (Å²) in [6.45, 7) is 9.77. The molecule has 0 aromatic heterocycles. The lowest BCUT2D eigenvalue weighted by Crippen LogP contribution is -2.37. The lowest BCUT2D eigenvalue weighted by molar-refractivity contribution is 0.173. The molecule has 1 fully saturated rings. The van der Waals surface area contributed by atoms with Gasteiger partial charge in [-0.05, 0) is 31.2 Å². The second-order valence-electron chi connectivity index (χ2n) is 4.42.